The summed E-state index contributed by atoms with van der Waals surface area (Å²) in [6.07, 6.45) is 5.45. The highest BCUT2D eigenvalue weighted by atomic mass is 16.6. The van der Waals surface area contributed by atoms with E-state index in [4.69, 9.17) is 9.47 Å². The third kappa shape index (κ3) is 3.73. The molecule has 1 saturated heterocycles. The van der Waals surface area contributed by atoms with E-state index in [1.807, 2.05) is 0 Å². The molecular weight excluding hydrogens is 140 g/mol. The summed E-state index contributed by atoms with van der Waals surface area (Å²) in [5, 5.41) is 0. The third-order valence-electron chi connectivity index (χ3n) is 2.01. The van der Waals surface area contributed by atoms with Crippen LogP contribution in [0.1, 0.15) is 32.6 Å². The number of ether oxygens (including phenoxy) is 2. The lowest BCUT2D eigenvalue weighted by Crippen LogP contribution is -2.28. The Morgan fingerprint density at radius 1 is 1.27 bits per heavy atom. The number of unbranched alkanes of at least 4 members (excludes halogenated alkanes) is 2. The van der Waals surface area contributed by atoms with Crippen molar-refractivity contribution < 1.29 is 9.47 Å². The summed E-state index contributed by atoms with van der Waals surface area (Å²) >= 11 is 0. The number of hydrogen-bond acceptors (Lipinski definition) is 2. The third-order valence-corrected chi connectivity index (χ3v) is 2.01. The normalized spacial score (nSPS) is 25.4. The first-order valence-electron chi connectivity index (χ1n) is 4.63. The first kappa shape index (κ1) is 9.01. The molecule has 0 N–H and O–H groups in total. The van der Waals surface area contributed by atoms with Crippen LogP contribution in [0.25, 0.3) is 0 Å². The van der Waals surface area contributed by atoms with Crippen LogP contribution in [0.15, 0.2) is 0 Å². The molecule has 1 aliphatic rings. The molecule has 1 rings (SSSR count). The minimum atomic E-state index is 0.385. The molecule has 2 nitrogen and oxygen atoms in total. The standard InChI is InChI=1S/C9H18O2/c1-2-3-4-5-9-8-10-6-7-11-9/h9H,2-8H2,1H3. The number of rotatable bonds is 4. The van der Waals surface area contributed by atoms with Crippen LogP contribution >= 0.6 is 0 Å². The molecule has 1 fully saturated rings. The van der Waals surface area contributed by atoms with Gasteiger partial charge in [0.05, 0.1) is 25.9 Å². The fourth-order valence-electron chi connectivity index (χ4n) is 1.33. The first-order valence-corrected chi connectivity index (χ1v) is 4.63. The second kappa shape index (κ2) is 5.56. The van der Waals surface area contributed by atoms with Crippen molar-refractivity contribution in [3.8, 4) is 0 Å². The van der Waals surface area contributed by atoms with Crippen LogP contribution in [-0.2, 0) is 9.47 Å². The van der Waals surface area contributed by atoms with Crippen molar-refractivity contribution in [3.05, 3.63) is 0 Å². The summed E-state index contributed by atoms with van der Waals surface area (Å²) in [7, 11) is 0. The molecule has 1 aliphatic heterocycles. The fraction of sp³-hybridized carbons (Fsp3) is 1.00. The van der Waals surface area contributed by atoms with Gasteiger partial charge >= 0.3 is 0 Å². The van der Waals surface area contributed by atoms with Gasteiger partial charge in [-0.15, -0.1) is 0 Å². The van der Waals surface area contributed by atoms with Gasteiger partial charge in [-0.05, 0) is 6.42 Å². The molecule has 2 heteroatoms. The molecule has 0 radical (unpaired) electrons. The maximum Gasteiger partial charge on any atom is 0.0809 e. The zero-order valence-corrected chi connectivity index (χ0v) is 7.34. The number of hydrogen-bond donors (Lipinski definition) is 0. The van der Waals surface area contributed by atoms with Crippen LogP contribution in [0.4, 0.5) is 0 Å². The van der Waals surface area contributed by atoms with Crippen molar-refractivity contribution in [2.24, 2.45) is 0 Å². The lowest BCUT2D eigenvalue weighted by Gasteiger charge is -2.22. The highest BCUT2D eigenvalue weighted by Crippen LogP contribution is 2.09. The molecule has 1 atom stereocenters. The van der Waals surface area contributed by atoms with E-state index in [1.165, 1.54) is 25.7 Å². The molecule has 11 heavy (non-hydrogen) atoms. The quantitative estimate of drug-likeness (QED) is 0.582. The van der Waals surface area contributed by atoms with Gasteiger partial charge in [0.1, 0.15) is 0 Å². The van der Waals surface area contributed by atoms with E-state index in [-0.39, 0.29) is 0 Å². The molecule has 0 aromatic carbocycles. The molecule has 0 aliphatic carbocycles. The Hall–Kier alpha value is -0.0800. The Balaban J connectivity index is 1.96. The summed E-state index contributed by atoms with van der Waals surface area (Å²) < 4.78 is 10.8. The Labute approximate surface area is 68.9 Å². The van der Waals surface area contributed by atoms with Crippen molar-refractivity contribution in [3.63, 3.8) is 0 Å². The zero-order chi connectivity index (χ0) is 7.94. The molecule has 0 aromatic rings. The Kier molecular flexibility index (Phi) is 4.55. The molecule has 0 spiro atoms. The van der Waals surface area contributed by atoms with E-state index < -0.39 is 0 Å². The Bertz CT molecular complexity index is 87.6. The SMILES string of the molecule is CCCCCC1COCCO1. The van der Waals surface area contributed by atoms with Gasteiger partial charge < -0.3 is 9.47 Å². The molecule has 0 aromatic heterocycles. The van der Waals surface area contributed by atoms with E-state index in [1.54, 1.807) is 0 Å². The minimum Gasteiger partial charge on any atom is -0.376 e. The maximum atomic E-state index is 5.50. The molecule has 0 bridgehead atoms. The molecule has 66 valence electrons. The van der Waals surface area contributed by atoms with Crippen molar-refractivity contribution in [1.82, 2.24) is 0 Å². The van der Waals surface area contributed by atoms with Gasteiger partial charge in [0.2, 0.25) is 0 Å². The molecule has 1 unspecified atom stereocenters. The second-order valence-electron chi connectivity index (χ2n) is 3.06. The summed E-state index contributed by atoms with van der Waals surface area (Å²) in [5.41, 5.74) is 0. The predicted molar refractivity (Wildman–Crippen MR) is 44.7 cm³/mol. The Morgan fingerprint density at radius 3 is 2.82 bits per heavy atom. The van der Waals surface area contributed by atoms with Crippen molar-refractivity contribution >= 4 is 0 Å². The van der Waals surface area contributed by atoms with Gasteiger partial charge in [-0.1, -0.05) is 26.2 Å². The van der Waals surface area contributed by atoms with Crippen LogP contribution < -0.4 is 0 Å². The van der Waals surface area contributed by atoms with Gasteiger partial charge in [-0.3, -0.25) is 0 Å². The average molecular weight is 158 g/mol. The average Bonchev–Trinajstić information content (AvgIpc) is 2.07. The van der Waals surface area contributed by atoms with E-state index in [0.29, 0.717) is 6.10 Å². The lowest BCUT2D eigenvalue weighted by atomic mass is 10.1. The van der Waals surface area contributed by atoms with Crippen LogP contribution in [0.3, 0.4) is 0 Å². The van der Waals surface area contributed by atoms with Gasteiger partial charge in [0.15, 0.2) is 0 Å². The zero-order valence-electron chi connectivity index (χ0n) is 7.34. The maximum absolute atomic E-state index is 5.50. The molecule has 0 amide bonds. The highest BCUT2D eigenvalue weighted by molar-refractivity contribution is 4.60. The van der Waals surface area contributed by atoms with Crippen molar-refractivity contribution in [2.75, 3.05) is 19.8 Å². The fourth-order valence-corrected chi connectivity index (χ4v) is 1.33. The monoisotopic (exact) mass is 158 g/mol. The topological polar surface area (TPSA) is 18.5 Å². The van der Waals surface area contributed by atoms with Crippen molar-refractivity contribution in [1.29, 1.82) is 0 Å². The van der Waals surface area contributed by atoms with Gasteiger partial charge in [-0.2, -0.15) is 0 Å². The molecule has 1 heterocycles. The van der Waals surface area contributed by atoms with Crippen molar-refractivity contribution in [2.45, 2.75) is 38.7 Å². The second-order valence-corrected chi connectivity index (χ2v) is 3.06. The van der Waals surface area contributed by atoms with E-state index >= 15 is 0 Å². The highest BCUT2D eigenvalue weighted by Gasteiger charge is 2.12. The first-order chi connectivity index (χ1) is 5.43. The van der Waals surface area contributed by atoms with Gasteiger partial charge in [-0.25, -0.2) is 0 Å². The van der Waals surface area contributed by atoms with Crippen LogP contribution in [-0.4, -0.2) is 25.9 Å². The summed E-state index contributed by atoms with van der Waals surface area (Å²) in [6, 6.07) is 0. The molecule has 0 saturated carbocycles. The summed E-state index contributed by atoms with van der Waals surface area (Å²) in [5.74, 6) is 0. The van der Waals surface area contributed by atoms with Crippen LogP contribution in [0, 0.1) is 0 Å². The lowest BCUT2D eigenvalue weighted by molar-refractivity contribution is -0.0912. The minimum absolute atomic E-state index is 0.385. The van der Waals surface area contributed by atoms with Crippen LogP contribution in [0.2, 0.25) is 0 Å². The predicted octanol–water partition coefficient (Wildman–Crippen LogP) is 1.98. The largest absolute Gasteiger partial charge is 0.376 e. The van der Waals surface area contributed by atoms with E-state index in [0.717, 1.165) is 19.8 Å². The smallest absolute Gasteiger partial charge is 0.0809 e. The van der Waals surface area contributed by atoms with E-state index in [2.05, 4.69) is 6.92 Å². The molecular formula is C9H18O2. The van der Waals surface area contributed by atoms with Gasteiger partial charge in [0.25, 0.3) is 0 Å². The van der Waals surface area contributed by atoms with Crippen LogP contribution in [0.5, 0.6) is 0 Å². The summed E-state index contributed by atoms with van der Waals surface area (Å²) in [6.45, 7) is 4.60. The van der Waals surface area contributed by atoms with E-state index in [9.17, 15) is 0 Å². The Morgan fingerprint density at radius 2 is 2.18 bits per heavy atom. The summed E-state index contributed by atoms with van der Waals surface area (Å²) in [4.78, 5) is 0. The van der Waals surface area contributed by atoms with Gasteiger partial charge in [0, 0.05) is 0 Å².